The molecule has 0 aliphatic carbocycles. The molecule has 2 aromatic heterocycles. The molecule has 0 aliphatic heterocycles. The summed E-state index contributed by atoms with van der Waals surface area (Å²) in [7, 11) is 0. The van der Waals surface area contributed by atoms with Crippen molar-refractivity contribution in [2.24, 2.45) is 0 Å². The normalized spacial score (nSPS) is 12.5. The van der Waals surface area contributed by atoms with Gasteiger partial charge < -0.3 is 4.52 Å². The second kappa shape index (κ2) is 5.73. The molecule has 2 heterocycles. The number of hydrogen-bond acceptors (Lipinski definition) is 3. The van der Waals surface area contributed by atoms with Crippen LogP contribution in [-0.2, 0) is 11.8 Å². The maximum absolute atomic E-state index is 5.52. The zero-order valence-corrected chi connectivity index (χ0v) is 15.1. The Morgan fingerprint density at radius 1 is 1.08 bits per heavy atom. The van der Waals surface area contributed by atoms with Crippen molar-refractivity contribution in [3.05, 3.63) is 59.4 Å². The van der Waals surface area contributed by atoms with Crippen LogP contribution in [0.2, 0.25) is 0 Å². The average Bonchev–Trinajstić information content (AvgIpc) is 3.18. The molecule has 4 aromatic rings. The van der Waals surface area contributed by atoms with Gasteiger partial charge in [0.2, 0.25) is 0 Å². The summed E-state index contributed by atoms with van der Waals surface area (Å²) < 4.78 is 5.52. The van der Waals surface area contributed by atoms with Gasteiger partial charge in [0.25, 0.3) is 0 Å². The van der Waals surface area contributed by atoms with Gasteiger partial charge in [-0.25, -0.2) is 0 Å². The minimum Gasteiger partial charge on any atom is -0.356 e. The second-order valence-corrected chi connectivity index (χ2v) is 7.73. The number of H-pyrrole nitrogens is 1. The molecule has 1 N–H and O–H groups in total. The number of nitrogens with zero attached hydrogens (tertiary/aromatic N) is 2. The molecule has 0 amide bonds. The van der Waals surface area contributed by atoms with Crippen LogP contribution in [0, 0.1) is 0 Å². The van der Waals surface area contributed by atoms with Gasteiger partial charge >= 0.3 is 0 Å². The van der Waals surface area contributed by atoms with E-state index in [1.54, 1.807) is 0 Å². The van der Waals surface area contributed by atoms with Crippen molar-refractivity contribution in [3.8, 4) is 0 Å². The minimum atomic E-state index is -0.123. The minimum absolute atomic E-state index is 0.123. The Hall–Kier alpha value is -2.62. The summed E-state index contributed by atoms with van der Waals surface area (Å²) >= 11 is 0. The number of rotatable bonds is 4. The van der Waals surface area contributed by atoms with E-state index < -0.39 is 0 Å². The van der Waals surface area contributed by atoms with Crippen molar-refractivity contribution < 1.29 is 4.52 Å². The molecule has 4 heteroatoms. The number of fused-ring (bicyclic) bond motifs is 2. The van der Waals surface area contributed by atoms with Crippen LogP contribution in [0.25, 0.3) is 21.9 Å². The molecule has 0 unspecified atom stereocenters. The van der Waals surface area contributed by atoms with Crippen molar-refractivity contribution in [1.82, 2.24) is 15.4 Å². The molecular weight excluding hydrogens is 310 g/mol. The van der Waals surface area contributed by atoms with Crippen LogP contribution in [0.1, 0.15) is 50.6 Å². The van der Waals surface area contributed by atoms with Gasteiger partial charge in [-0.05, 0) is 42.2 Å². The quantitative estimate of drug-likeness (QED) is 0.548. The first-order valence-corrected chi connectivity index (χ1v) is 8.77. The number of para-hydroxylation sites is 1. The molecule has 25 heavy (non-hydrogen) atoms. The van der Waals surface area contributed by atoms with Crippen molar-refractivity contribution >= 4 is 21.9 Å². The predicted molar refractivity (Wildman–Crippen MR) is 101 cm³/mol. The Morgan fingerprint density at radius 3 is 2.68 bits per heavy atom. The van der Waals surface area contributed by atoms with Crippen molar-refractivity contribution in [1.29, 1.82) is 0 Å². The molecule has 2 aromatic carbocycles. The lowest BCUT2D eigenvalue weighted by atomic mass is 9.81. The van der Waals surface area contributed by atoms with E-state index in [2.05, 4.69) is 67.3 Å². The molecule has 0 aliphatic rings. The van der Waals surface area contributed by atoms with E-state index in [4.69, 9.17) is 4.52 Å². The zero-order valence-electron chi connectivity index (χ0n) is 15.1. The lowest BCUT2D eigenvalue weighted by molar-refractivity contribution is 0.406. The third-order valence-corrected chi connectivity index (χ3v) is 4.87. The number of nitrogens with one attached hydrogen (secondary N) is 1. The maximum atomic E-state index is 5.52. The molecule has 4 rings (SSSR count). The van der Waals surface area contributed by atoms with E-state index in [-0.39, 0.29) is 5.41 Å². The number of aromatic amines is 1. The lowest BCUT2D eigenvalue weighted by Crippen LogP contribution is -2.21. The van der Waals surface area contributed by atoms with Crippen LogP contribution in [-0.4, -0.2) is 15.4 Å². The van der Waals surface area contributed by atoms with E-state index in [0.717, 1.165) is 34.3 Å². The summed E-state index contributed by atoms with van der Waals surface area (Å²) in [4.78, 5) is 0. The third kappa shape index (κ3) is 2.72. The van der Waals surface area contributed by atoms with Crippen LogP contribution in [0.5, 0.6) is 0 Å². The fourth-order valence-corrected chi connectivity index (χ4v) is 3.60. The maximum Gasteiger partial charge on any atom is 0.167 e. The van der Waals surface area contributed by atoms with Gasteiger partial charge in [-0.3, -0.25) is 5.10 Å². The molecule has 0 bridgehead atoms. The number of aromatic nitrogens is 3. The highest BCUT2D eigenvalue weighted by atomic mass is 16.5. The van der Waals surface area contributed by atoms with Crippen molar-refractivity contribution in [3.63, 3.8) is 0 Å². The van der Waals surface area contributed by atoms with Crippen LogP contribution >= 0.6 is 0 Å². The summed E-state index contributed by atoms with van der Waals surface area (Å²) in [5.41, 5.74) is 5.24. The second-order valence-electron chi connectivity index (χ2n) is 7.73. The van der Waals surface area contributed by atoms with E-state index in [0.29, 0.717) is 5.92 Å². The van der Waals surface area contributed by atoms with Gasteiger partial charge in [-0.2, -0.15) is 5.10 Å². The fraction of sp³-hybridized carbons (Fsp3) is 0.333. The van der Waals surface area contributed by atoms with Gasteiger partial charge in [0.05, 0.1) is 16.9 Å². The first-order valence-electron chi connectivity index (χ1n) is 8.77. The van der Waals surface area contributed by atoms with E-state index in [9.17, 15) is 0 Å². The Labute approximate surface area is 147 Å². The van der Waals surface area contributed by atoms with Crippen LogP contribution in [0.4, 0.5) is 0 Å². The molecule has 0 saturated heterocycles. The van der Waals surface area contributed by atoms with Gasteiger partial charge in [0.15, 0.2) is 5.58 Å². The van der Waals surface area contributed by atoms with E-state index in [1.165, 1.54) is 10.9 Å². The lowest BCUT2D eigenvalue weighted by Gasteiger charge is -2.22. The van der Waals surface area contributed by atoms with Gasteiger partial charge in [-0.15, -0.1) is 0 Å². The summed E-state index contributed by atoms with van der Waals surface area (Å²) in [6.07, 6.45) is 0.891. The monoisotopic (exact) mass is 333 g/mol. The smallest absolute Gasteiger partial charge is 0.167 e. The van der Waals surface area contributed by atoms with Crippen molar-refractivity contribution in [2.75, 3.05) is 0 Å². The molecule has 0 radical (unpaired) electrons. The molecule has 0 saturated carbocycles. The van der Waals surface area contributed by atoms with Gasteiger partial charge in [-0.1, -0.05) is 51.1 Å². The van der Waals surface area contributed by atoms with Crippen LogP contribution in [0.3, 0.4) is 0 Å². The first kappa shape index (κ1) is 15.9. The Balaban J connectivity index is 1.73. The summed E-state index contributed by atoms with van der Waals surface area (Å²) in [5, 5.41) is 14.3. The highest BCUT2D eigenvalue weighted by Gasteiger charge is 2.27. The molecule has 0 atom stereocenters. The van der Waals surface area contributed by atoms with E-state index >= 15 is 0 Å². The topological polar surface area (TPSA) is 54.7 Å². The first-order chi connectivity index (χ1) is 12.0. The highest BCUT2D eigenvalue weighted by molar-refractivity contribution is 5.83. The number of benzene rings is 2. The fourth-order valence-electron chi connectivity index (χ4n) is 3.60. The van der Waals surface area contributed by atoms with Crippen molar-refractivity contribution in [2.45, 2.75) is 45.4 Å². The predicted octanol–water partition coefficient (Wildman–Crippen LogP) is 5.35. The Kier molecular flexibility index (Phi) is 3.64. The standard InChI is InChI=1S/C21H23N3O/c1-13(2)19-16-11-14(9-10-17(16)22-23-19)12-21(3,4)20-15-7-5-6-8-18(15)25-24-20/h5-11,13H,12H2,1-4H3,(H,22,23). The Bertz CT molecular complexity index is 1040. The SMILES string of the molecule is CC(C)c1n[nH]c2ccc(CC(C)(C)c3noc4ccccc34)cc12. The number of hydrogen-bond donors (Lipinski definition) is 1. The summed E-state index contributed by atoms with van der Waals surface area (Å²) in [5.74, 6) is 0.400. The summed E-state index contributed by atoms with van der Waals surface area (Å²) in [6, 6.07) is 14.6. The molecule has 128 valence electrons. The molecular formula is C21H23N3O. The van der Waals surface area contributed by atoms with Gasteiger partial charge in [0.1, 0.15) is 0 Å². The zero-order chi connectivity index (χ0) is 17.6. The van der Waals surface area contributed by atoms with Crippen LogP contribution < -0.4 is 0 Å². The summed E-state index contributed by atoms with van der Waals surface area (Å²) in [6.45, 7) is 8.79. The van der Waals surface area contributed by atoms with Crippen LogP contribution in [0.15, 0.2) is 47.0 Å². The third-order valence-electron chi connectivity index (χ3n) is 4.87. The molecule has 0 spiro atoms. The Morgan fingerprint density at radius 2 is 1.88 bits per heavy atom. The largest absolute Gasteiger partial charge is 0.356 e. The van der Waals surface area contributed by atoms with Gasteiger partial charge in [0, 0.05) is 16.2 Å². The molecule has 0 fully saturated rings. The highest BCUT2D eigenvalue weighted by Crippen LogP contribution is 2.33. The average molecular weight is 333 g/mol. The van der Waals surface area contributed by atoms with E-state index in [1.807, 2.05) is 18.2 Å². The molecule has 4 nitrogen and oxygen atoms in total.